The summed E-state index contributed by atoms with van der Waals surface area (Å²) in [6.45, 7) is 2.19. The first kappa shape index (κ1) is 15.7. The second-order valence-electron chi connectivity index (χ2n) is 5.82. The molecule has 0 aromatic heterocycles. The standard InChI is InChI=1S/C16H19F3N2/c1-11-3-2-4-13(7-5-11)21-15-8-6-12(10-20)9-14(15)16(17,18)19/h6,8-9,11,13,21H,2-5,7H2,1H3. The number of nitrogens with zero attached hydrogens (tertiary/aromatic N) is 1. The van der Waals surface area contributed by atoms with Crippen LogP contribution in [0.1, 0.15) is 50.2 Å². The zero-order chi connectivity index (χ0) is 15.5. The molecule has 0 amide bonds. The van der Waals surface area contributed by atoms with Gasteiger partial charge in [-0.05, 0) is 43.4 Å². The molecule has 1 aromatic rings. The number of hydrogen-bond donors (Lipinski definition) is 1. The van der Waals surface area contributed by atoms with Crippen LogP contribution in [-0.2, 0) is 6.18 Å². The Hall–Kier alpha value is -1.70. The van der Waals surface area contributed by atoms with Gasteiger partial charge in [-0.3, -0.25) is 0 Å². The minimum Gasteiger partial charge on any atom is -0.382 e. The second kappa shape index (κ2) is 6.38. The van der Waals surface area contributed by atoms with Crippen LogP contribution in [0.2, 0.25) is 0 Å². The van der Waals surface area contributed by atoms with Crippen LogP contribution in [0.15, 0.2) is 18.2 Å². The highest BCUT2D eigenvalue weighted by molar-refractivity contribution is 5.56. The van der Waals surface area contributed by atoms with Gasteiger partial charge in [-0.25, -0.2) is 0 Å². The molecule has 1 aromatic carbocycles. The molecule has 114 valence electrons. The number of hydrogen-bond acceptors (Lipinski definition) is 2. The van der Waals surface area contributed by atoms with Gasteiger partial charge in [0.15, 0.2) is 0 Å². The van der Waals surface area contributed by atoms with Gasteiger partial charge in [0.1, 0.15) is 0 Å². The summed E-state index contributed by atoms with van der Waals surface area (Å²) in [5.74, 6) is 0.639. The lowest BCUT2D eigenvalue weighted by molar-refractivity contribution is -0.137. The fourth-order valence-corrected chi connectivity index (χ4v) is 2.83. The van der Waals surface area contributed by atoms with Crippen LogP contribution in [0.3, 0.4) is 0 Å². The molecule has 0 aliphatic heterocycles. The summed E-state index contributed by atoms with van der Waals surface area (Å²) in [5, 5.41) is 11.8. The van der Waals surface area contributed by atoms with Crippen molar-refractivity contribution in [1.82, 2.24) is 0 Å². The molecule has 0 radical (unpaired) electrons. The molecule has 0 spiro atoms. The number of rotatable bonds is 2. The van der Waals surface area contributed by atoms with Gasteiger partial charge >= 0.3 is 6.18 Å². The first-order valence-electron chi connectivity index (χ1n) is 7.28. The van der Waals surface area contributed by atoms with E-state index in [4.69, 9.17) is 5.26 Å². The lowest BCUT2D eigenvalue weighted by Crippen LogP contribution is -2.21. The van der Waals surface area contributed by atoms with Crippen molar-refractivity contribution in [1.29, 1.82) is 5.26 Å². The Balaban J connectivity index is 2.21. The van der Waals surface area contributed by atoms with E-state index >= 15 is 0 Å². The number of nitrogens with one attached hydrogen (secondary N) is 1. The molecule has 2 atom stereocenters. The minimum absolute atomic E-state index is 0.0300. The van der Waals surface area contributed by atoms with Crippen LogP contribution in [0, 0.1) is 17.2 Å². The van der Waals surface area contributed by atoms with Gasteiger partial charge in [-0.1, -0.05) is 19.8 Å². The normalized spacial score (nSPS) is 23.2. The van der Waals surface area contributed by atoms with Gasteiger partial charge in [0.25, 0.3) is 0 Å². The Labute approximate surface area is 123 Å². The largest absolute Gasteiger partial charge is 0.418 e. The molecule has 0 saturated heterocycles. The van der Waals surface area contributed by atoms with E-state index in [-0.39, 0.29) is 17.3 Å². The average Bonchev–Trinajstić information content (AvgIpc) is 2.63. The molecule has 21 heavy (non-hydrogen) atoms. The third kappa shape index (κ3) is 4.13. The van der Waals surface area contributed by atoms with Crippen molar-refractivity contribution in [2.24, 2.45) is 5.92 Å². The van der Waals surface area contributed by atoms with E-state index in [0.717, 1.165) is 38.2 Å². The monoisotopic (exact) mass is 296 g/mol. The van der Waals surface area contributed by atoms with Crippen molar-refractivity contribution in [3.63, 3.8) is 0 Å². The number of anilines is 1. The summed E-state index contributed by atoms with van der Waals surface area (Å²) in [5.41, 5.74) is -0.637. The van der Waals surface area contributed by atoms with Gasteiger partial charge in [0.2, 0.25) is 0 Å². The van der Waals surface area contributed by atoms with Gasteiger partial charge < -0.3 is 5.32 Å². The van der Waals surface area contributed by atoms with E-state index in [2.05, 4.69) is 12.2 Å². The highest BCUT2D eigenvalue weighted by Gasteiger charge is 2.34. The van der Waals surface area contributed by atoms with Crippen LogP contribution in [-0.4, -0.2) is 6.04 Å². The Kier molecular flexibility index (Phi) is 4.76. The molecule has 5 heteroatoms. The Morgan fingerprint density at radius 1 is 1.19 bits per heavy atom. The molecule has 0 bridgehead atoms. The molecule has 2 unspecified atom stereocenters. The van der Waals surface area contributed by atoms with E-state index in [1.807, 2.05) is 0 Å². The van der Waals surface area contributed by atoms with Crippen molar-refractivity contribution in [2.75, 3.05) is 5.32 Å². The van der Waals surface area contributed by atoms with Crippen molar-refractivity contribution in [2.45, 2.75) is 51.2 Å². The van der Waals surface area contributed by atoms with Gasteiger partial charge in [0.05, 0.1) is 17.2 Å². The molecule has 1 aliphatic carbocycles. The number of halogens is 3. The number of alkyl halides is 3. The molecular formula is C16H19F3N2. The fraction of sp³-hybridized carbons (Fsp3) is 0.562. The molecule has 1 fully saturated rings. The van der Waals surface area contributed by atoms with Crippen molar-refractivity contribution >= 4 is 5.69 Å². The van der Waals surface area contributed by atoms with Gasteiger partial charge in [0, 0.05) is 11.7 Å². The van der Waals surface area contributed by atoms with Crippen LogP contribution in [0.5, 0.6) is 0 Å². The summed E-state index contributed by atoms with van der Waals surface area (Å²) in [6, 6.07) is 5.55. The van der Waals surface area contributed by atoms with Crippen molar-refractivity contribution in [3.05, 3.63) is 29.3 Å². The summed E-state index contributed by atoms with van der Waals surface area (Å²) in [4.78, 5) is 0. The minimum atomic E-state index is -4.45. The number of benzene rings is 1. The Bertz CT molecular complexity index is 531. The lowest BCUT2D eigenvalue weighted by atomic mass is 10.0. The van der Waals surface area contributed by atoms with Crippen LogP contribution in [0.4, 0.5) is 18.9 Å². The Morgan fingerprint density at radius 3 is 2.62 bits per heavy atom. The maximum absolute atomic E-state index is 13.1. The summed E-state index contributed by atoms with van der Waals surface area (Å²) in [7, 11) is 0. The van der Waals surface area contributed by atoms with E-state index in [1.54, 1.807) is 6.07 Å². The molecule has 2 rings (SSSR count). The van der Waals surface area contributed by atoms with Crippen molar-refractivity contribution < 1.29 is 13.2 Å². The quantitative estimate of drug-likeness (QED) is 0.783. The topological polar surface area (TPSA) is 35.8 Å². The third-order valence-electron chi connectivity index (χ3n) is 4.07. The molecular weight excluding hydrogens is 277 g/mol. The van der Waals surface area contributed by atoms with Crippen LogP contribution in [0.25, 0.3) is 0 Å². The molecule has 2 nitrogen and oxygen atoms in total. The molecule has 1 saturated carbocycles. The zero-order valence-electron chi connectivity index (χ0n) is 12.0. The predicted molar refractivity (Wildman–Crippen MR) is 75.8 cm³/mol. The Morgan fingerprint density at radius 2 is 1.95 bits per heavy atom. The first-order valence-corrected chi connectivity index (χ1v) is 7.28. The van der Waals surface area contributed by atoms with Crippen LogP contribution < -0.4 is 5.32 Å². The smallest absolute Gasteiger partial charge is 0.382 e. The maximum Gasteiger partial charge on any atom is 0.418 e. The molecule has 1 N–H and O–H groups in total. The summed E-state index contributed by atoms with van der Waals surface area (Å²) < 4.78 is 39.3. The number of nitriles is 1. The highest BCUT2D eigenvalue weighted by atomic mass is 19.4. The fourth-order valence-electron chi connectivity index (χ4n) is 2.83. The SMILES string of the molecule is CC1CCCC(Nc2ccc(C#N)cc2C(F)(F)F)CC1. The van der Waals surface area contributed by atoms with Gasteiger partial charge in [-0.15, -0.1) is 0 Å². The maximum atomic E-state index is 13.1. The zero-order valence-corrected chi connectivity index (χ0v) is 12.0. The average molecular weight is 296 g/mol. The van der Waals surface area contributed by atoms with Crippen molar-refractivity contribution in [3.8, 4) is 6.07 Å². The highest BCUT2D eigenvalue weighted by Crippen LogP contribution is 2.36. The summed E-state index contributed by atoms with van der Waals surface area (Å²) >= 11 is 0. The van der Waals surface area contributed by atoms with E-state index in [0.29, 0.717) is 5.92 Å². The summed E-state index contributed by atoms with van der Waals surface area (Å²) in [6.07, 6.45) is 0.538. The predicted octanol–water partition coefficient (Wildman–Crippen LogP) is 4.96. The molecule has 1 aliphatic rings. The van der Waals surface area contributed by atoms with E-state index in [1.165, 1.54) is 12.1 Å². The first-order chi connectivity index (χ1) is 9.90. The van der Waals surface area contributed by atoms with Crippen LogP contribution >= 0.6 is 0 Å². The lowest BCUT2D eigenvalue weighted by Gasteiger charge is -2.21. The van der Waals surface area contributed by atoms with E-state index < -0.39 is 11.7 Å². The second-order valence-corrected chi connectivity index (χ2v) is 5.82. The van der Waals surface area contributed by atoms with Gasteiger partial charge in [-0.2, -0.15) is 18.4 Å². The third-order valence-corrected chi connectivity index (χ3v) is 4.07. The van der Waals surface area contributed by atoms with E-state index in [9.17, 15) is 13.2 Å². The molecule has 0 heterocycles.